The highest BCUT2D eigenvalue weighted by Crippen LogP contribution is 2.32. The van der Waals surface area contributed by atoms with E-state index in [2.05, 4.69) is 0 Å². The van der Waals surface area contributed by atoms with Crippen LogP contribution >= 0.6 is 0 Å². The van der Waals surface area contributed by atoms with Gasteiger partial charge in [-0.05, 0) is 30.0 Å². The number of nitrogens with two attached hydrogens (primary N) is 1. The number of fused-ring (bicyclic) bond motifs is 1. The lowest BCUT2D eigenvalue weighted by molar-refractivity contribution is 0.274. The Balaban J connectivity index is 2.57. The highest BCUT2D eigenvalue weighted by atomic mass is 19.1. The van der Waals surface area contributed by atoms with Gasteiger partial charge in [0.2, 0.25) is 0 Å². The van der Waals surface area contributed by atoms with E-state index in [4.69, 9.17) is 10.8 Å². The zero-order valence-electron chi connectivity index (χ0n) is 7.26. The van der Waals surface area contributed by atoms with Crippen molar-refractivity contribution in [3.63, 3.8) is 0 Å². The number of benzene rings is 1. The third-order valence-electron chi connectivity index (χ3n) is 2.67. The van der Waals surface area contributed by atoms with Crippen molar-refractivity contribution in [1.29, 1.82) is 0 Å². The van der Waals surface area contributed by atoms with Gasteiger partial charge in [0.05, 0.1) is 6.61 Å². The van der Waals surface area contributed by atoms with E-state index in [1.54, 1.807) is 6.07 Å². The molecule has 0 unspecified atom stereocenters. The average Bonchev–Trinajstić information content (AvgIpc) is 2.48. The molecule has 1 aliphatic carbocycles. The molecule has 1 aromatic rings. The molecule has 1 aromatic carbocycles. The molecule has 0 spiro atoms. The average molecular weight is 181 g/mol. The Bertz CT molecular complexity index is 338. The Kier molecular flexibility index (Phi) is 2.06. The minimum absolute atomic E-state index is 0.0147. The van der Waals surface area contributed by atoms with Crippen molar-refractivity contribution in [2.24, 2.45) is 5.73 Å². The number of hydrogen-bond acceptors (Lipinski definition) is 2. The van der Waals surface area contributed by atoms with E-state index in [0.29, 0.717) is 5.56 Å². The maximum atomic E-state index is 13.2. The van der Waals surface area contributed by atoms with Gasteiger partial charge in [-0.25, -0.2) is 4.39 Å². The second-order valence-electron chi connectivity index (χ2n) is 3.40. The topological polar surface area (TPSA) is 46.2 Å². The quantitative estimate of drug-likeness (QED) is 0.685. The summed E-state index contributed by atoms with van der Waals surface area (Å²) >= 11 is 0. The van der Waals surface area contributed by atoms with Gasteiger partial charge in [0, 0.05) is 11.6 Å². The monoisotopic (exact) mass is 181 g/mol. The first-order valence-electron chi connectivity index (χ1n) is 4.40. The van der Waals surface area contributed by atoms with E-state index in [0.717, 1.165) is 24.0 Å². The van der Waals surface area contributed by atoms with Gasteiger partial charge in [0.25, 0.3) is 0 Å². The minimum Gasteiger partial charge on any atom is -0.392 e. The predicted molar refractivity (Wildman–Crippen MR) is 47.6 cm³/mol. The maximum Gasteiger partial charge on any atom is 0.129 e. The maximum absolute atomic E-state index is 13.2. The summed E-state index contributed by atoms with van der Waals surface area (Å²) in [5, 5.41) is 8.99. The van der Waals surface area contributed by atoms with Crippen LogP contribution in [0.4, 0.5) is 4.39 Å². The number of aliphatic hydroxyl groups excluding tert-OH is 1. The molecule has 0 radical (unpaired) electrons. The number of aliphatic hydroxyl groups is 1. The molecule has 0 saturated carbocycles. The molecular formula is C10H12FNO. The summed E-state index contributed by atoms with van der Waals surface area (Å²) in [6.07, 6.45) is 1.63. The predicted octanol–water partition coefficient (Wildman–Crippen LogP) is 1.26. The molecule has 0 aromatic heterocycles. The van der Waals surface area contributed by atoms with Crippen LogP contribution < -0.4 is 5.73 Å². The molecule has 0 amide bonds. The van der Waals surface area contributed by atoms with Gasteiger partial charge in [-0.1, -0.05) is 6.07 Å². The lowest BCUT2D eigenvalue weighted by atomic mass is 10.0. The first kappa shape index (κ1) is 8.66. The molecule has 0 fully saturated rings. The molecule has 3 N–H and O–H groups in total. The van der Waals surface area contributed by atoms with Crippen LogP contribution in [0.1, 0.15) is 29.2 Å². The van der Waals surface area contributed by atoms with Gasteiger partial charge in [0.15, 0.2) is 0 Å². The molecule has 3 heteroatoms. The van der Waals surface area contributed by atoms with E-state index in [1.807, 2.05) is 0 Å². The van der Waals surface area contributed by atoms with Crippen molar-refractivity contribution in [2.75, 3.05) is 0 Å². The second kappa shape index (κ2) is 3.09. The summed E-state index contributed by atoms with van der Waals surface area (Å²) in [4.78, 5) is 0. The lowest BCUT2D eigenvalue weighted by Gasteiger charge is -2.08. The molecule has 0 heterocycles. The van der Waals surface area contributed by atoms with Crippen molar-refractivity contribution in [3.05, 3.63) is 34.6 Å². The van der Waals surface area contributed by atoms with Crippen LogP contribution in [-0.4, -0.2) is 5.11 Å². The first-order valence-corrected chi connectivity index (χ1v) is 4.40. The summed E-state index contributed by atoms with van der Waals surface area (Å²) in [6, 6.07) is 3.12. The highest BCUT2D eigenvalue weighted by molar-refractivity contribution is 5.41. The van der Waals surface area contributed by atoms with Crippen LogP contribution in [0.25, 0.3) is 0 Å². The third-order valence-corrected chi connectivity index (χ3v) is 2.67. The van der Waals surface area contributed by atoms with Crippen LogP contribution in [0.3, 0.4) is 0 Å². The summed E-state index contributed by atoms with van der Waals surface area (Å²) in [5.41, 5.74) is 8.14. The van der Waals surface area contributed by atoms with Crippen molar-refractivity contribution in [1.82, 2.24) is 0 Å². The summed E-state index contributed by atoms with van der Waals surface area (Å²) in [7, 11) is 0. The van der Waals surface area contributed by atoms with Crippen molar-refractivity contribution < 1.29 is 9.50 Å². The summed E-state index contributed by atoms with van der Waals surface area (Å²) < 4.78 is 13.2. The van der Waals surface area contributed by atoms with Crippen LogP contribution in [-0.2, 0) is 13.0 Å². The zero-order valence-corrected chi connectivity index (χ0v) is 7.26. The van der Waals surface area contributed by atoms with Gasteiger partial charge in [-0.3, -0.25) is 0 Å². The molecule has 0 aliphatic heterocycles. The standard InChI is InChI=1S/C10H12FNO/c11-9-3-1-7-6(8(9)5-13)2-4-10(7)12/h1,3,10,13H,2,4-5,12H2/t10-/m0/s1. The van der Waals surface area contributed by atoms with Crippen molar-refractivity contribution in [2.45, 2.75) is 25.5 Å². The van der Waals surface area contributed by atoms with Crippen LogP contribution in [0.15, 0.2) is 12.1 Å². The molecule has 1 atom stereocenters. The van der Waals surface area contributed by atoms with Gasteiger partial charge in [0.1, 0.15) is 5.82 Å². The van der Waals surface area contributed by atoms with Gasteiger partial charge in [-0.2, -0.15) is 0 Å². The molecule has 0 saturated heterocycles. The molecule has 1 aliphatic rings. The van der Waals surface area contributed by atoms with E-state index in [1.165, 1.54) is 6.07 Å². The molecule has 70 valence electrons. The van der Waals surface area contributed by atoms with Gasteiger partial charge < -0.3 is 10.8 Å². The van der Waals surface area contributed by atoms with E-state index in [9.17, 15) is 4.39 Å². The Labute approximate surface area is 76.2 Å². The normalized spacial score (nSPS) is 20.4. The van der Waals surface area contributed by atoms with Gasteiger partial charge in [-0.15, -0.1) is 0 Å². The SMILES string of the molecule is N[C@H]1CCc2c1ccc(F)c2CO. The fourth-order valence-corrected chi connectivity index (χ4v) is 1.95. The summed E-state index contributed by atoms with van der Waals surface area (Å²) in [5.74, 6) is -0.324. The Morgan fingerprint density at radius 2 is 2.31 bits per heavy atom. The molecule has 13 heavy (non-hydrogen) atoms. The smallest absolute Gasteiger partial charge is 0.129 e. The third kappa shape index (κ3) is 1.24. The van der Waals surface area contributed by atoms with Gasteiger partial charge >= 0.3 is 0 Å². The van der Waals surface area contributed by atoms with Crippen LogP contribution in [0, 0.1) is 5.82 Å². The largest absolute Gasteiger partial charge is 0.392 e. The highest BCUT2D eigenvalue weighted by Gasteiger charge is 2.22. The second-order valence-corrected chi connectivity index (χ2v) is 3.40. The van der Waals surface area contributed by atoms with E-state index < -0.39 is 0 Å². The fraction of sp³-hybridized carbons (Fsp3) is 0.400. The number of hydrogen-bond donors (Lipinski definition) is 2. The van der Waals surface area contributed by atoms with Crippen molar-refractivity contribution in [3.8, 4) is 0 Å². The van der Waals surface area contributed by atoms with Crippen LogP contribution in [0.2, 0.25) is 0 Å². The van der Waals surface area contributed by atoms with E-state index >= 15 is 0 Å². The lowest BCUT2D eigenvalue weighted by Crippen LogP contribution is -2.06. The first-order chi connectivity index (χ1) is 6.24. The molecular weight excluding hydrogens is 169 g/mol. The molecule has 2 rings (SSSR count). The Morgan fingerprint density at radius 1 is 1.54 bits per heavy atom. The van der Waals surface area contributed by atoms with E-state index in [-0.39, 0.29) is 18.5 Å². The Morgan fingerprint density at radius 3 is 3.00 bits per heavy atom. The van der Waals surface area contributed by atoms with Crippen molar-refractivity contribution >= 4 is 0 Å². The number of halogens is 1. The Hall–Kier alpha value is -0.930. The number of rotatable bonds is 1. The fourth-order valence-electron chi connectivity index (χ4n) is 1.95. The minimum atomic E-state index is -0.324. The van der Waals surface area contributed by atoms with Crippen LogP contribution in [0.5, 0.6) is 0 Å². The molecule has 2 nitrogen and oxygen atoms in total. The molecule has 0 bridgehead atoms. The zero-order chi connectivity index (χ0) is 9.42. The summed E-state index contributed by atoms with van der Waals surface area (Å²) in [6.45, 7) is -0.234.